The molecular formula is C18H21N3O. The molecular weight excluding hydrogens is 274 g/mol. The Labute approximate surface area is 130 Å². The Morgan fingerprint density at radius 3 is 2.50 bits per heavy atom. The highest BCUT2D eigenvalue weighted by Gasteiger charge is 2.11. The molecule has 1 aromatic heterocycles. The van der Waals surface area contributed by atoms with Crippen molar-refractivity contribution in [1.82, 2.24) is 14.7 Å². The van der Waals surface area contributed by atoms with E-state index in [1.807, 2.05) is 37.0 Å². The van der Waals surface area contributed by atoms with E-state index in [-0.39, 0.29) is 0 Å². The van der Waals surface area contributed by atoms with Crippen molar-refractivity contribution in [2.45, 2.75) is 6.54 Å². The second-order valence-corrected chi connectivity index (χ2v) is 5.62. The predicted molar refractivity (Wildman–Crippen MR) is 89.3 cm³/mol. The van der Waals surface area contributed by atoms with Crippen molar-refractivity contribution in [3.05, 3.63) is 60.2 Å². The molecule has 0 spiro atoms. The molecule has 22 heavy (non-hydrogen) atoms. The number of aromatic nitrogens is 2. The average molecular weight is 295 g/mol. The smallest absolute Gasteiger partial charge is 0.240 e. The van der Waals surface area contributed by atoms with Crippen LogP contribution in [-0.2, 0) is 6.54 Å². The number of nitrogens with zero attached hydrogens (tertiary/aromatic N) is 3. The van der Waals surface area contributed by atoms with Crippen LogP contribution in [0.3, 0.4) is 0 Å². The number of benzene rings is 2. The van der Waals surface area contributed by atoms with Crippen LogP contribution in [-0.4, -0.2) is 41.9 Å². The van der Waals surface area contributed by atoms with Crippen LogP contribution in [0.15, 0.2) is 54.6 Å². The van der Waals surface area contributed by atoms with Crippen molar-refractivity contribution in [3.8, 4) is 5.88 Å². The van der Waals surface area contributed by atoms with Crippen LogP contribution in [0.25, 0.3) is 10.9 Å². The maximum atomic E-state index is 5.87. The highest BCUT2D eigenvalue weighted by molar-refractivity contribution is 5.84. The number of likely N-dealkylation sites (N-methyl/N-ethyl adjacent to an activating group) is 1. The number of fused-ring (bicyclic) bond motifs is 1. The summed E-state index contributed by atoms with van der Waals surface area (Å²) in [6.45, 7) is 2.26. The quantitative estimate of drug-likeness (QED) is 0.700. The van der Waals surface area contributed by atoms with Gasteiger partial charge in [-0.1, -0.05) is 42.5 Å². The number of para-hydroxylation sites is 1. The summed E-state index contributed by atoms with van der Waals surface area (Å²) in [5.41, 5.74) is 2.34. The molecule has 0 atom stereocenters. The third kappa shape index (κ3) is 3.28. The first-order valence-electron chi connectivity index (χ1n) is 7.51. The van der Waals surface area contributed by atoms with Gasteiger partial charge in [-0.25, -0.2) is 0 Å². The molecule has 3 aromatic rings. The van der Waals surface area contributed by atoms with E-state index in [9.17, 15) is 0 Å². The second kappa shape index (κ2) is 6.62. The normalized spacial score (nSPS) is 11.2. The van der Waals surface area contributed by atoms with E-state index in [2.05, 4.69) is 46.4 Å². The third-order valence-electron chi connectivity index (χ3n) is 3.58. The van der Waals surface area contributed by atoms with E-state index in [1.165, 1.54) is 5.56 Å². The first kappa shape index (κ1) is 14.6. The highest BCUT2D eigenvalue weighted by atomic mass is 16.5. The zero-order chi connectivity index (χ0) is 15.4. The lowest BCUT2D eigenvalue weighted by atomic mass is 10.2. The summed E-state index contributed by atoms with van der Waals surface area (Å²) in [4.78, 5) is 2.10. The number of hydrogen-bond acceptors (Lipinski definition) is 3. The van der Waals surface area contributed by atoms with Gasteiger partial charge < -0.3 is 9.64 Å². The van der Waals surface area contributed by atoms with Crippen LogP contribution in [0.5, 0.6) is 5.88 Å². The summed E-state index contributed by atoms with van der Waals surface area (Å²) in [5.74, 6) is 0.716. The molecule has 0 bridgehead atoms. The summed E-state index contributed by atoms with van der Waals surface area (Å²) in [7, 11) is 4.07. The molecule has 0 N–H and O–H groups in total. The van der Waals surface area contributed by atoms with Crippen LogP contribution >= 0.6 is 0 Å². The Balaban J connectivity index is 1.87. The molecule has 3 rings (SSSR count). The molecule has 2 aromatic carbocycles. The Kier molecular flexibility index (Phi) is 4.39. The van der Waals surface area contributed by atoms with E-state index in [4.69, 9.17) is 4.74 Å². The molecule has 0 radical (unpaired) electrons. The maximum absolute atomic E-state index is 5.87. The van der Waals surface area contributed by atoms with Gasteiger partial charge >= 0.3 is 0 Å². The molecule has 0 saturated heterocycles. The van der Waals surface area contributed by atoms with Crippen LogP contribution in [0.1, 0.15) is 5.56 Å². The summed E-state index contributed by atoms with van der Waals surface area (Å²) in [6.07, 6.45) is 0. The standard InChI is InChI=1S/C18H21N3O/c1-20(2)12-13-22-18-16-10-6-7-11-17(16)21(19-18)14-15-8-4-3-5-9-15/h3-11H,12-14H2,1-2H3. The van der Waals surface area contributed by atoms with Crippen molar-refractivity contribution in [2.75, 3.05) is 27.2 Å². The van der Waals surface area contributed by atoms with E-state index in [1.54, 1.807) is 0 Å². The minimum Gasteiger partial charge on any atom is -0.475 e. The summed E-state index contributed by atoms with van der Waals surface area (Å²) >= 11 is 0. The van der Waals surface area contributed by atoms with E-state index in [0.717, 1.165) is 24.0 Å². The molecule has 0 amide bonds. The largest absolute Gasteiger partial charge is 0.475 e. The van der Waals surface area contributed by atoms with Crippen LogP contribution in [0.4, 0.5) is 0 Å². The predicted octanol–water partition coefficient (Wildman–Crippen LogP) is 3.03. The number of ether oxygens (including phenoxy) is 1. The minimum absolute atomic E-state index is 0.638. The lowest BCUT2D eigenvalue weighted by Gasteiger charge is -2.09. The molecule has 114 valence electrons. The lowest BCUT2D eigenvalue weighted by Crippen LogP contribution is -2.19. The molecule has 4 nitrogen and oxygen atoms in total. The zero-order valence-corrected chi connectivity index (χ0v) is 13.1. The molecule has 0 unspecified atom stereocenters. The van der Waals surface area contributed by atoms with Crippen molar-refractivity contribution in [1.29, 1.82) is 0 Å². The summed E-state index contributed by atoms with van der Waals surface area (Å²) < 4.78 is 7.88. The molecule has 1 heterocycles. The topological polar surface area (TPSA) is 30.3 Å². The fourth-order valence-electron chi connectivity index (χ4n) is 2.41. The Bertz CT molecular complexity index is 734. The molecule has 0 fully saturated rings. The summed E-state index contributed by atoms with van der Waals surface area (Å²) in [6, 6.07) is 18.6. The second-order valence-electron chi connectivity index (χ2n) is 5.62. The molecule has 4 heteroatoms. The van der Waals surface area contributed by atoms with Gasteiger partial charge in [0.2, 0.25) is 5.88 Å². The Morgan fingerprint density at radius 1 is 1.00 bits per heavy atom. The minimum atomic E-state index is 0.638. The van der Waals surface area contributed by atoms with Gasteiger partial charge in [-0.05, 0) is 31.8 Å². The van der Waals surface area contributed by atoms with Crippen LogP contribution < -0.4 is 4.74 Å². The first-order chi connectivity index (χ1) is 10.7. The van der Waals surface area contributed by atoms with Gasteiger partial charge in [0.15, 0.2) is 0 Å². The van der Waals surface area contributed by atoms with Crippen molar-refractivity contribution in [3.63, 3.8) is 0 Å². The fourth-order valence-corrected chi connectivity index (χ4v) is 2.41. The first-order valence-corrected chi connectivity index (χ1v) is 7.51. The maximum Gasteiger partial charge on any atom is 0.240 e. The zero-order valence-electron chi connectivity index (χ0n) is 13.1. The van der Waals surface area contributed by atoms with Crippen LogP contribution in [0, 0.1) is 0 Å². The molecule has 0 aliphatic rings. The van der Waals surface area contributed by atoms with Gasteiger partial charge in [0.1, 0.15) is 6.61 Å². The monoisotopic (exact) mass is 295 g/mol. The van der Waals surface area contributed by atoms with Crippen molar-refractivity contribution < 1.29 is 4.74 Å². The SMILES string of the molecule is CN(C)CCOc1nn(Cc2ccccc2)c2ccccc12. The van der Waals surface area contributed by atoms with Crippen molar-refractivity contribution in [2.24, 2.45) is 0 Å². The van der Waals surface area contributed by atoms with Gasteiger partial charge in [-0.3, -0.25) is 4.68 Å². The average Bonchev–Trinajstić information content (AvgIpc) is 2.86. The summed E-state index contributed by atoms with van der Waals surface area (Å²) in [5, 5.41) is 5.72. The fraction of sp³-hybridized carbons (Fsp3) is 0.278. The van der Waals surface area contributed by atoms with E-state index in [0.29, 0.717) is 12.5 Å². The molecule has 0 saturated carbocycles. The van der Waals surface area contributed by atoms with Gasteiger partial charge in [-0.2, -0.15) is 0 Å². The Hall–Kier alpha value is -2.33. The van der Waals surface area contributed by atoms with Gasteiger partial charge in [0, 0.05) is 6.54 Å². The molecule has 0 aliphatic heterocycles. The van der Waals surface area contributed by atoms with Gasteiger partial charge in [0.05, 0.1) is 17.4 Å². The van der Waals surface area contributed by atoms with Gasteiger partial charge in [-0.15, -0.1) is 5.10 Å². The van der Waals surface area contributed by atoms with E-state index < -0.39 is 0 Å². The van der Waals surface area contributed by atoms with E-state index >= 15 is 0 Å². The third-order valence-corrected chi connectivity index (χ3v) is 3.58. The molecule has 0 aliphatic carbocycles. The Morgan fingerprint density at radius 2 is 1.73 bits per heavy atom. The van der Waals surface area contributed by atoms with Crippen LogP contribution in [0.2, 0.25) is 0 Å². The number of hydrogen-bond donors (Lipinski definition) is 0. The highest BCUT2D eigenvalue weighted by Crippen LogP contribution is 2.25. The van der Waals surface area contributed by atoms with Crippen molar-refractivity contribution >= 4 is 10.9 Å². The lowest BCUT2D eigenvalue weighted by molar-refractivity contribution is 0.254. The van der Waals surface area contributed by atoms with Gasteiger partial charge in [0.25, 0.3) is 0 Å². The number of rotatable bonds is 6.